The van der Waals surface area contributed by atoms with Crippen molar-refractivity contribution in [3.63, 3.8) is 0 Å². The highest BCUT2D eigenvalue weighted by Crippen LogP contribution is 2.22. The highest BCUT2D eigenvalue weighted by atomic mass is 16.6. The van der Waals surface area contributed by atoms with Gasteiger partial charge in [0.25, 0.3) is 5.91 Å². The van der Waals surface area contributed by atoms with Gasteiger partial charge in [0, 0.05) is 13.1 Å². The van der Waals surface area contributed by atoms with Crippen LogP contribution in [0.2, 0.25) is 0 Å². The van der Waals surface area contributed by atoms with Gasteiger partial charge in [-0.1, -0.05) is 0 Å². The first-order valence-corrected chi connectivity index (χ1v) is 4.41. The Bertz CT molecular complexity index is 160. The van der Waals surface area contributed by atoms with Crippen LogP contribution in [0.15, 0.2) is 0 Å². The summed E-state index contributed by atoms with van der Waals surface area (Å²) in [6.45, 7) is 1.79. The summed E-state index contributed by atoms with van der Waals surface area (Å²) in [6.07, 6.45) is 0. The van der Waals surface area contributed by atoms with Gasteiger partial charge in [0.2, 0.25) is 0 Å². The van der Waals surface area contributed by atoms with Crippen molar-refractivity contribution in [2.45, 2.75) is 25.4 Å². The molecule has 6 nitrogen and oxygen atoms in total. The molecule has 0 bridgehead atoms. The van der Waals surface area contributed by atoms with Gasteiger partial charge in [-0.3, -0.25) is 0 Å². The third-order valence-corrected chi connectivity index (χ3v) is 2.00. The van der Waals surface area contributed by atoms with Crippen LogP contribution in [-0.2, 0) is 0 Å². The van der Waals surface area contributed by atoms with Gasteiger partial charge in [-0.2, -0.15) is 0 Å². The van der Waals surface area contributed by atoms with E-state index in [-0.39, 0.29) is 26.3 Å². The first-order chi connectivity index (χ1) is 6.27. The largest absolute Gasteiger partial charge is 0.395 e. The maximum Gasteiger partial charge on any atom is 0.254 e. The fourth-order valence-corrected chi connectivity index (χ4v) is 1.05. The van der Waals surface area contributed by atoms with Gasteiger partial charge >= 0.3 is 0 Å². The standard InChI is InChI=1S/C8H19NO5/c1-7(2,12)8(13,14)9(3-5-10)4-6-11/h10-14H,3-6H2,1-2H3. The molecule has 0 aromatic rings. The Morgan fingerprint density at radius 3 is 1.50 bits per heavy atom. The molecule has 0 heterocycles. The zero-order valence-corrected chi connectivity index (χ0v) is 8.51. The molecule has 0 rings (SSSR count). The number of aliphatic hydroxyl groups is 5. The van der Waals surface area contributed by atoms with Gasteiger partial charge in [-0.25, -0.2) is 4.90 Å². The Morgan fingerprint density at radius 2 is 1.29 bits per heavy atom. The van der Waals surface area contributed by atoms with Crippen LogP contribution in [0, 0.1) is 0 Å². The number of nitrogens with zero attached hydrogens (tertiary/aromatic N) is 1. The Morgan fingerprint density at radius 1 is 0.929 bits per heavy atom. The first-order valence-electron chi connectivity index (χ1n) is 4.41. The summed E-state index contributed by atoms with van der Waals surface area (Å²) >= 11 is 0. The maximum absolute atomic E-state index is 9.58. The highest BCUT2D eigenvalue weighted by molar-refractivity contribution is 4.84. The van der Waals surface area contributed by atoms with Gasteiger partial charge in [0.15, 0.2) is 0 Å². The van der Waals surface area contributed by atoms with E-state index in [9.17, 15) is 15.3 Å². The van der Waals surface area contributed by atoms with E-state index in [1.165, 1.54) is 13.8 Å². The van der Waals surface area contributed by atoms with Crippen molar-refractivity contribution in [2.24, 2.45) is 0 Å². The Kier molecular flexibility index (Phi) is 4.93. The lowest BCUT2D eigenvalue weighted by molar-refractivity contribution is -0.342. The predicted octanol–water partition coefficient (Wildman–Crippen LogP) is -2.32. The molecule has 6 heteroatoms. The summed E-state index contributed by atoms with van der Waals surface area (Å²) in [5.41, 5.74) is -1.77. The second-order valence-electron chi connectivity index (χ2n) is 3.63. The highest BCUT2D eigenvalue weighted by Gasteiger charge is 2.45. The Labute approximate surface area is 83.0 Å². The molecule has 0 aromatic carbocycles. The van der Waals surface area contributed by atoms with Crippen molar-refractivity contribution in [1.82, 2.24) is 4.90 Å². The first kappa shape index (κ1) is 13.8. The van der Waals surface area contributed by atoms with Crippen LogP contribution in [-0.4, -0.2) is 68.2 Å². The van der Waals surface area contributed by atoms with Crippen LogP contribution >= 0.6 is 0 Å². The topological polar surface area (TPSA) is 104 Å². The molecule has 0 saturated heterocycles. The maximum atomic E-state index is 9.58. The molecule has 0 aliphatic carbocycles. The van der Waals surface area contributed by atoms with E-state index in [4.69, 9.17) is 10.2 Å². The molecular formula is C8H19NO5. The number of hydrogen-bond acceptors (Lipinski definition) is 6. The Hall–Kier alpha value is -0.240. The predicted molar refractivity (Wildman–Crippen MR) is 49.2 cm³/mol. The van der Waals surface area contributed by atoms with Crippen molar-refractivity contribution >= 4 is 0 Å². The number of aliphatic hydroxyl groups excluding tert-OH is 2. The molecule has 0 atom stereocenters. The molecule has 0 fully saturated rings. The molecule has 0 radical (unpaired) electrons. The lowest BCUT2D eigenvalue weighted by Crippen LogP contribution is -2.63. The van der Waals surface area contributed by atoms with Gasteiger partial charge in [-0.15, -0.1) is 0 Å². The van der Waals surface area contributed by atoms with Gasteiger partial charge in [0.1, 0.15) is 5.60 Å². The molecule has 0 unspecified atom stereocenters. The summed E-state index contributed by atoms with van der Waals surface area (Å²) in [7, 11) is 0. The molecule has 0 aliphatic heterocycles. The van der Waals surface area contributed by atoms with Crippen molar-refractivity contribution in [3.8, 4) is 0 Å². The second-order valence-corrected chi connectivity index (χ2v) is 3.63. The third-order valence-electron chi connectivity index (χ3n) is 2.00. The zero-order chi connectivity index (χ0) is 11.4. The molecule has 0 aliphatic rings. The fraction of sp³-hybridized carbons (Fsp3) is 1.00. The molecule has 0 spiro atoms. The monoisotopic (exact) mass is 209 g/mol. The van der Waals surface area contributed by atoms with Crippen LogP contribution in [0.1, 0.15) is 13.8 Å². The second kappa shape index (κ2) is 5.01. The Balaban J connectivity index is 4.61. The van der Waals surface area contributed by atoms with Gasteiger partial charge < -0.3 is 25.5 Å². The van der Waals surface area contributed by atoms with Gasteiger partial charge in [0.05, 0.1) is 13.2 Å². The molecule has 5 N–H and O–H groups in total. The van der Waals surface area contributed by atoms with E-state index in [1.807, 2.05) is 0 Å². The SMILES string of the molecule is CC(C)(O)C(O)(O)N(CCO)CCO. The average molecular weight is 209 g/mol. The van der Waals surface area contributed by atoms with Crippen LogP contribution < -0.4 is 0 Å². The molecule has 0 aromatic heterocycles. The normalized spacial score (nSPS) is 13.7. The summed E-state index contributed by atoms with van der Waals surface area (Å²) in [4.78, 5) is 0.993. The molecule has 0 saturated carbocycles. The summed E-state index contributed by atoms with van der Waals surface area (Å²) in [5, 5.41) is 46.0. The minimum absolute atomic E-state index is 0.0441. The average Bonchev–Trinajstić information content (AvgIpc) is 2.02. The van der Waals surface area contributed by atoms with Crippen molar-refractivity contribution < 1.29 is 25.5 Å². The molecule has 0 amide bonds. The number of rotatable bonds is 6. The van der Waals surface area contributed by atoms with Crippen molar-refractivity contribution in [2.75, 3.05) is 26.3 Å². The summed E-state index contributed by atoms with van der Waals surface area (Å²) in [5.74, 6) is -2.47. The zero-order valence-electron chi connectivity index (χ0n) is 8.51. The lowest BCUT2D eigenvalue weighted by atomic mass is 10.0. The van der Waals surface area contributed by atoms with Crippen LogP contribution in [0.25, 0.3) is 0 Å². The van der Waals surface area contributed by atoms with Crippen LogP contribution in [0.5, 0.6) is 0 Å². The van der Waals surface area contributed by atoms with E-state index in [2.05, 4.69) is 0 Å². The van der Waals surface area contributed by atoms with E-state index in [1.54, 1.807) is 0 Å². The smallest absolute Gasteiger partial charge is 0.254 e. The van der Waals surface area contributed by atoms with E-state index >= 15 is 0 Å². The molecule has 86 valence electrons. The van der Waals surface area contributed by atoms with Crippen LogP contribution in [0.3, 0.4) is 0 Å². The summed E-state index contributed by atoms with van der Waals surface area (Å²) in [6, 6.07) is 0. The lowest BCUT2D eigenvalue weighted by Gasteiger charge is -2.41. The summed E-state index contributed by atoms with van der Waals surface area (Å²) < 4.78 is 0. The molecule has 14 heavy (non-hydrogen) atoms. The van der Waals surface area contributed by atoms with E-state index < -0.39 is 11.5 Å². The minimum atomic E-state index is -2.47. The number of hydrogen-bond donors (Lipinski definition) is 5. The van der Waals surface area contributed by atoms with Gasteiger partial charge in [-0.05, 0) is 13.8 Å². The van der Waals surface area contributed by atoms with E-state index in [0.717, 1.165) is 4.90 Å². The van der Waals surface area contributed by atoms with Crippen LogP contribution in [0.4, 0.5) is 0 Å². The minimum Gasteiger partial charge on any atom is -0.395 e. The molecular weight excluding hydrogens is 190 g/mol. The fourth-order valence-electron chi connectivity index (χ4n) is 1.05. The quantitative estimate of drug-likeness (QED) is 0.315. The van der Waals surface area contributed by atoms with Crippen molar-refractivity contribution in [3.05, 3.63) is 0 Å². The third kappa shape index (κ3) is 3.16. The van der Waals surface area contributed by atoms with Crippen molar-refractivity contribution in [1.29, 1.82) is 0 Å². The van der Waals surface area contributed by atoms with E-state index in [0.29, 0.717) is 0 Å².